The van der Waals surface area contributed by atoms with Crippen molar-refractivity contribution in [1.29, 1.82) is 0 Å². The van der Waals surface area contributed by atoms with E-state index >= 15 is 0 Å². The average molecular weight is 301 g/mol. The molecule has 0 radical (unpaired) electrons. The molecule has 1 amide bonds. The summed E-state index contributed by atoms with van der Waals surface area (Å²) in [7, 11) is 0. The zero-order chi connectivity index (χ0) is 14.8. The molecule has 2 heteroatoms. The third kappa shape index (κ3) is 1.88. The maximum atomic E-state index is 13.7. The highest BCUT2D eigenvalue weighted by Gasteiger charge is 2.58. The van der Waals surface area contributed by atoms with E-state index in [2.05, 4.69) is 4.90 Å². The van der Waals surface area contributed by atoms with Crippen LogP contribution >= 0.6 is 0 Å². The summed E-state index contributed by atoms with van der Waals surface area (Å²) < 4.78 is 0. The second-order valence-electron chi connectivity index (χ2n) is 9.54. The van der Waals surface area contributed by atoms with Gasteiger partial charge >= 0.3 is 0 Å². The molecular weight excluding hydrogens is 270 g/mol. The van der Waals surface area contributed by atoms with Crippen LogP contribution in [0.3, 0.4) is 0 Å². The Morgan fingerprint density at radius 2 is 1.32 bits per heavy atom. The first-order chi connectivity index (χ1) is 10.7. The summed E-state index contributed by atoms with van der Waals surface area (Å²) in [4.78, 5) is 16.1. The van der Waals surface area contributed by atoms with E-state index in [4.69, 9.17) is 0 Å². The minimum Gasteiger partial charge on any atom is -0.337 e. The monoisotopic (exact) mass is 301 g/mol. The molecule has 0 aromatic heterocycles. The summed E-state index contributed by atoms with van der Waals surface area (Å²) in [5, 5.41) is 0. The highest BCUT2D eigenvalue weighted by atomic mass is 16.2. The summed E-state index contributed by atoms with van der Waals surface area (Å²) in [6.45, 7) is 1.07. The zero-order valence-corrected chi connectivity index (χ0v) is 14.0. The van der Waals surface area contributed by atoms with Crippen molar-refractivity contribution in [2.24, 2.45) is 23.2 Å². The van der Waals surface area contributed by atoms with Crippen molar-refractivity contribution in [1.82, 2.24) is 4.90 Å². The van der Waals surface area contributed by atoms with Crippen molar-refractivity contribution >= 4 is 5.91 Å². The smallest absolute Gasteiger partial charge is 0.229 e. The Kier molecular flexibility index (Phi) is 2.99. The fourth-order valence-electron chi connectivity index (χ4n) is 7.64. The molecule has 6 aliphatic rings. The van der Waals surface area contributed by atoms with Crippen LogP contribution in [0.5, 0.6) is 0 Å². The fourth-order valence-corrected chi connectivity index (χ4v) is 7.64. The zero-order valence-electron chi connectivity index (χ0n) is 14.0. The first-order valence-electron chi connectivity index (χ1n) is 10.0. The van der Waals surface area contributed by atoms with E-state index in [0.717, 1.165) is 24.3 Å². The van der Waals surface area contributed by atoms with Crippen LogP contribution in [0.4, 0.5) is 0 Å². The predicted octanol–water partition coefficient (Wildman–Crippen LogP) is 4.53. The van der Waals surface area contributed by atoms with Crippen LogP contribution in [-0.4, -0.2) is 22.9 Å². The summed E-state index contributed by atoms with van der Waals surface area (Å²) in [6, 6.07) is 0. The molecule has 1 saturated heterocycles. The van der Waals surface area contributed by atoms with Gasteiger partial charge in [-0.05, 0) is 82.0 Å². The number of likely N-dealkylation sites (tertiary alicyclic amines) is 1. The molecule has 1 aliphatic heterocycles. The van der Waals surface area contributed by atoms with Gasteiger partial charge in [-0.1, -0.05) is 19.3 Å². The third-order valence-electron chi connectivity index (χ3n) is 8.12. The first kappa shape index (κ1) is 13.9. The van der Waals surface area contributed by atoms with Gasteiger partial charge in [-0.2, -0.15) is 0 Å². The van der Waals surface area contributed by atoms with Crippen molar-refractivity contribution in [3.05, 3.63) is 0 Å². The van der Waals surface area contributed by atoms with E-state index < -0.39 is 0 Å². The minimum atomic E-state index is 0.0868. The van der Waals surface area contributed by atoms with Crippen LogP contribution in [0.1, 0.15) is 83.5 Å². The molecule has 0 unspecified atom stereocenters. The number of carbonyl (C=O) groups excluding carboxylic acids is 1. The van der Waals surface area contributed by atoms with Crippen molar-refractivity contribution in [3.8, 4) is 0 Å². The highest BCUT2D eigenvalue weighted by molar-refractivity contribution is 5.84. The normalized spacial score (nSPS) is 45.6. The number of rotatable bonds is 1. The molecular formula is C20H31NO. The maximum absolute atomic E-state index is 13.7. The van der Waals surface area contributed by atoms with Gasteiger partial charge in [0.2, 0.25) is 5.91 Å². The molecule has 5 saturated carbocycles. The van der Waals surface area contributed by atoms with Gasteiger partial charge in [-0.25, -0.2) is 0 Å². The number of nitrogens with zero attached hydrogens (tertiary/aromatic N) is 1. The molecule has 122 valence electrons. The van der Waals surface area contributed by atoms with Crippen LogP contribution in [0.15, 0.2) is 0 Å². The van der Waals surface area contributed by atoms with Gasteiger partial charge < -0.3 is 4.90 Å². The number of hydrogen-bond donors (Lipinski definition) is 0. The second kappa shape index (κ2) is 4.74. The lowest BCUT2D eigenvalue weighted by molar-refractivity contribution is -0.163. The van der Waals surface area contributed by atoms with E-state index in [-0.39, 0.29) is 5.41 Å². The Bertz CT molecular complexity index is 441. The van der Waals surface area contributed by atoms with E-state index in [1.54, 1.807) is 0 Å². The van der Waals surface area contributed by atoms with E-state index in [9.17, 15) is 4.79 Å². The molecule has 6 rings (SSSR count). The number of carbonyl (C=O) groups is 1. The van der Waals surface area contributed by atoms with E-state index in [0.29, 0.717) is 11.4 Å². The molecule has 6 fully saturated rings. The molecule has 0 atom stereocenters. The van der Waals surface area contributed by atoms with Crippen molar-refractivity contribution in [2.75, 3.05) is 6.54 Å². The Balaban J connectivity index is 1.44. The van der Waals surface area contributed by atoms with Crippen LogP contribution < -0.4 is 0 Å². The Morgan fingerprint density at radius 1 is 0.773 bits per heavy atom. The van der Waals surface area contributed by atoms with Crippen molar-refractivity contribution in [3.63, 3.8) is 0 Å². The van der Waals surface area contributed by atoms with E-state index in [1.807, 2.05) is 0 Å². The van der Waals surface area contributed by atoms with Crippen LogP contribution in [0.25, 0.3) is 0 Å². The van der Waals surface area contributed by atoms with Gasteiger partial charge in [0, 0.05) is 12.1 Å². The Labute approximate surface area is 135 Å². The molecule has 0 N–H and O–H groups in total. The van der Waals surface area contributed by atoms with Gasteiger partial charge in [-0.3, -0.25) is 4.79 Å². The SMILES string of the molecule is O=C(N1CCCC12CCCCC2)C12CC3CC(CC(C3)C1)C2. The lowest BCUT2D eigenvalue weighted by Crippen LogP contribution is -2.58. The van der Waals surface area contributed by atoms with Crippen LogP contribution in [0.2, 0.25) is 0 Å². The molecule has 2 nitrogen and oxygen atoms in total. The summed E-state index contributed by atoms with van der Waals surface area (Å²) in [5.74, 6) is 3.28. The molecule has 4 bridgehead atoms. The quantitative estimate of drug-likeness (QED) is 0.697. The summed E-state index contributed by atoms with van der Waals surface area (Å²) in [6.07, 6.45) is 17.3. The molecule has 0 aromatic carbocycles. The third-order valence-corrected chi connectivity index (χ3v) is 8.12. The molecule has 0 aromatic rings. The number of hydrogen-bond acceptors (Lipinski definition) is 1. The Morgan fingerprint density at radius 3 is 1.91 bits per heavy atom. The molecule has 22 heavy (non-hydrogen) atoms. The lowest BCUT2D eigenvalue weighted by Gasteiger charge is -2.58. The predicted molar refractivity (Wildman–Crippen MR) is 87.4 cm³/mol. The van der Waals surface area contributed by atoms with Crippen LogP contribution in [-0.2, 0) is 4.79 Å². The topological polar surface area (TPSA) is 20.3 Å². The van der Waals surface area contributed by atoms with Crippen molar-refractivity contribution < 1.29 is 4.79 Å². The van der Waals surface area contributed by atoms with Crippen LogP contribution in [0, 0.1) is 23.2 Å². The fraction of sp³-hybridized carbons (Fsp3) is 0.950. The summed E-state index contributed by atoms with van der Waals surface area (Å²) in [5.41, 5.74) is 0.377. The lowest BCUT2D eigenvalue weighted by atomic mass is 9.49. The summed E-state index contributed by atoms with van der Waals surface area (Å²) >= 11 is 0. The van der Waals surface area contributed by atoms with Gasteiger partial charge in [-0.15, -0.1) is 0 Å². The minimum absolute atomic E-state index is 0.0868. The van der Waals surface area contributed by atoms with Gasteiger partial charge in [0.1, 0.15) is 0 Å². The Hall–Kier alpha value is -0.530. The van der Waals surface area contributed by atoms with E-state index in [1.165, 1.54) is 83.5 Å². The first-order valence-corrected chi connectivity index (χ1v) is 10.0. The maximum Gasteiger partial charge on any atom is 0.229 e. The van der Waals surface area contributed by atoms with Gasteiger partial charge in [0.05, 0.1) is 5.41 Å². The largest absolute Gasteiger partial charge is 0.337 e. The molecule has 1 heterocycles. The van der Waals surface area contributed by atoms with Gasteiger partial charge in [0.15, 0.2) is 0 Å². The highest BCUT2D eigenvalue weighted by Crippen LogP contribution is 2.61. The average Bonchev–Trinajstić information content (AvgIpc) is 2.88. The number of amides is 1. The molecule has 5 aliphatic carbocycles. The molecule has 1 spiro atoms. The van der Waals surface area contributed by atoms with Gasteiger partial charge in [0.25, 0.3) is 0 Å². The standard InChI is InChI=1S/C20H31NO/c22-18(21-8-4-7-20(21)5-2-1-3-6-20)19-12-15-9-16(13-19)11-17(10-15)14-19/h15-17H,1-14H2. The van der Waals surface area contributed by atoms with Crippen molar-refractivity contribution in [2.45, 2.75) is 89.0 Å². The second-order valence-corrected chi connectivity index (χ2v) is 9.54.